The number of phenolic OH excluding ortho intramolecular Hbond substituents is 1. The van der Waals surface area contributed by atoms with Crippen LogP contribution in [0.5, 0.6) is 17.2 Å². The van der Waals surface area contributed by atoms with Gasteiger partial charge in [-0.15, -0.1) is 0 Å². The van der Waals surface area contributed by atoms with Gasteiger partial charge in [0.15, 0.2) is 17.4 Å². The van der Waals surface area contributed by atoms with E-state index < -0.39 is 23.2 Å². The lowest BCUT2D eigenvalue weighted by Crippen LogP contribution is -2.33. The van der Waals surface area contributed by atoms with E-state index in [1.807, 2.05) is 24.3 Å². The second kappa shape index (κ2) is 11.0. The summed E-state index contributed by atoms with van der Waals surface area (Å²) in [5.41, 5.74) is 2.30. The van der Waals surface area contributed by atoms with Crippen LogP contribution >= 0.6 is 0 Å². The highest BCUT2D eigenvalue weighted by atomic mass is 19.2. The molecule has 3 aromatic carbocycles. The molecule has 1 aliphatic rings. The van der Waals surface area contributed by atoms with Crippen LogP contribution in [-0.4, -0.2) is 47.9 Å². The molecule has 0 atom stereocenters. The number of ether oxygens (including phenoxy) is 2. The van der Waals surface area contributed by atoms with Crippen molar-refractivity contribution >= 4 is 10.9 Å². The molecule has 1 aliphatic heterocycles. The first kappa shape index (κ1) is 26.0. The molecule has 0 aliphatic carbocycles. The number of benzene rings is 3. The third kappa shape index (κ3) is 5.05. The van der Waals surface area contributed by atoms with E-state index in [9.17, 15) is 13.9 Å². The first-order valence-corrected chi connectivity index (χ1v) is 12.8. The van der Waals surface area contributed by atoms with Gasteiger partial charge in [0.25, 0.3) is 0 Å². The average Bonchev–Trinajstić information content (AvgIpc) is 3.18. The molecule has 5 rings (SSSR count). The van der Waals surface area contributed by atoms with Crippen LogP contribution in [0, 0.1) is 24.4 Å². The molecule has 1 aromatic heterocycles. The molecule has 0 saturated carbocycles. The standard InChI is InChI=1S/C30H31F3N2O3/c1-19-23-16-21(36)8-11-26(23)35(29(19)24-17-25(31)30(37-2)28(33)27(24)32)18-20-6-9-22(10-7-20)38-15-14-34-12-4-3-5-13-34/h6-11,16-17,36H,3-5,12-15,18H2,1-2H3. The predicted octanol–water partition coefficient (Wildman–Crippen LogP) is 6.66. The topological polar surface area (TPSA) is 46.9 Å². The van der Waals surface area contributed by atoms with Gasteiger partial charge < -0.3 is 19.1 Å². The Bertz CT molecular complexity index is 1440. The molecule has 4 aromatic rings. The van der Waals surface area contributed by atoms with E-state index in [0.717, 1.165) is 44.1 Å². The summed E-state index contributed by atoms with van der Waals surface area (Å²) in [6.07, 6.45) is 3.78. The summed E-state index contributed by atoms with van der Waals surface area (Å²) in [6.45, 7) is 5.81. The molecular weight excluding hydrogens is 493 g/mol. The number of methoxy groups -OCH3 is 1. The maximum Gasteiger partial charge on any atom is 0.204 e. The number of fused-ring (bicyclic) bond motifs is 1. The van der Waals surface area contributed by atoms with Gasteiger partial charge in [-0.25, -0.2) is 8.78 Å². The number of aromatic nitrogens is 1. The third-order valence-electron chi connectivity index (χ3n) is 7.26. The van der Waals surface area contributed by atoms with Crippen LogP contribution in [0.15, 0.2) is 48.5 Å². The van der Waals surface area contributed by atoms with Crippen molar-refractivity contribution in [3.05, 3.63) is 77.1 Å². The van der Waals surface area contributed by atoms with Crippen LogP contribution < -0.4 is 9.47 Å². The Balaban J connectivity index is 1.46. The van der Waals surface area contributed by atoms with Crippen molar-refractivity contribution in [3.63, 3.8) is 0 Å². The van der Waals surface area contributed by atoms with Crippen LogP contribution in [0.2, 0.25) is 0 Å². The van der Waals surface area contributed by atoms with Crippen LogP contribution in [0.1, 0.15) is 30.4 Å². The Morgan fingerprint density at radius 1 is 0.921 bits per heavy atom. The Hall–Kier alpha value is -3.65. The lowest BCUT2D eigenvalue weighted by molar-refractivity contribution is 0.183. The van der Waals surface area contributed by atoms with Gasteiger partial charge in [-0.05, 0) is 80.4 Å². The number of hydrogen-bond acceptors (Lipinski definition) is 4. The number of phenols is 1. The van der Waals surface area contributed by atoms with Crippen LogP contribution in [0.3, 0.4) is 0 Å². The zero-order valence-corrected chi connectivity index (χ0v) is 21.6. The summed E-state index contributed by atoms with van der Waals surface area (Å²) in [5, 5.41) is 10.7. The maximum atomic E-state index is 15.2. The van der Waals surface area contributed by atoms with Gasteiger partial charge in [0.2, 0.25) is 5.82 Å². The van der Waals surface area contributed by atoms with E-state index in [0.29, 0.717) is 35.3 Å². The Morgan fingerprint density at radius 2 is 1.66 bits per heavy atom. The number of nitrogens with zero attached hydrogens (tertiary/aromatic N) is 2. The maximum absolute atomic E-state index is 15.2. The second-order valence-electron chi connectivity index (χ2n) is 9.72. The smallest absolute Gasteiger partial charge is 0.204 e. The molecule has 0 amide bonds. The fourth-order valence-corrected chi connectivity index (χ4v) is 5.31. The fraction of sp³-hybridized carbons (Fsp3) is 0.333. The minimum absolute atomic E-state index is 0.0444. The summed E-state index contributed by atoms with van der Waals surface area (Å²) >= 11 is 0. The molecule has 2 heterocycles. The summed E-state index contributed by atoms with van der Waals surface area (Å²) < 4.78 is 57.0. The van der Waals surface area contributed by atoms with Crippen molar-refractivity contribution in [2.24, 2.45) is 0 Å². The van der Waals surface area contributed by atoms with Crippen molar-refractivity contribution < 1.29 is 27.8 Å². The number of hydrogen-bond donors (Lipinski definition) is 1. The summed E-state index contributed by atoms with van der Waals surface area (Å²) in [5.74, 6) is -3.53. The van der Waals surface area contributed by atoms with Gasteiger partial charge in [-0.3, -0.25) is 4.90 Å². The zero-order chi connectivity index (χ0) is 26.8. The van der Waals surface area contributed by atoms with Crippen LogP contribution in [0.25, 0.3) is 22.2 Å². The largest absolute Gasteiger partial charge is 0.508 e. The molecule has 8 heteroatoms. The summed E-state index contributed by atoms with van der Waals surface area (Å²) in [4.78, 5) is 2.42. The molecule has 0 unspecified atom stereocenters. The van der Waals surface area contributed by atoms with Gasteiger partial charge in [-0.2, -0.15) is 4.39 Å². The lowest BCUT2D eigenvalue weighted by atomic mass is 10.0. The van der Waals surface area contributed by atoms with Crippen molar-refractivity contribution in [3.8, 4) is 28.5 Å². The highest BCUT2D eigenvalue weighted by molar-refractivity contribution is 5.92. The first-order chi connectivity index (χ1) is 18.4. The van der Waals surface area contributed by atoms with Crippen molar-refractivity contribution in [1.29, 1.82) is 0 Å². The van der Waals surface area contributed by atoms with E-state index >= 15 is 4.39 Å². The molecule has 1 fully saturated rings. The number of halogens is 3. The van der Waals surface area contributed by atoms with Gasteiger partial charge >= 0.3 is 0 Å². The predicted molar refractivity (Wildman–Crippen MR) is 142 cm³/mol. The molecule has 1 N–H and O–H groups in total. The Labute approximate surface area is 220 Å². The quantitative estimate of drug-likeness (QED) is 0.262. The monoisotopic (exact) mass is 524 g/mol. The van der Waals surface area contributed by atoms with E-state index in [1.54, 1.807) is 23.6 Å². The minimum atomic E-state index is -1.38. The Morgan fingerprint density at radius 3 is 2.37 bits per heavy atom. The zero-order valence-electron chi connectivity index (χ0n) is 21.6. The number of aromatic hydroxyl groups is 1. The molecule has 0 bridgehead atoms. The van der Waals surface area contributed by atoms with Gasteiger partial charge in [0, 0.05) is 29.6 Å². The third-order valence-corrected chi connectivity index (χ3v) is 7.26. The SMILES string of the molecule is COc1c(F)cc(-c2c(C)c3cc(O)ccc3n2Cc2ccc(OCCN3CCCCC3)cc2)c(F)c1F. The highest BCUT2D eigenvalue weighted by Gasteiger charge is 2.25. The molecule has 38 heavy (non-hydrogen) atoms. The van der Waals surface area contributed by atoms with E-state index in [2.05, 4.69) is 4.90 Å². The van der Waals surface area contributed by atoms with E-state index in [-0.39, 0.29) is 11.3 Å². The van der Waals surface area contributed by atoms with Crippen LogP contribution in [0.4, 0.5) is 13.2 Å². The van der Waals surface area contributed by atoms with Gasteiger partial charge in [-0.1, -0.05) is 18.6 Å². The molecule has 0 spiro atoms. The molecule has 0 radical (unpaired) electrons. The van der Waals surface area contributed by atoms with Gasteiger partial charge in [0.05, 0.1) is 12.8 Å². The van der Waals surface area contributed by atoms with Crippen molar-refractivity contribution in [1.82, 2.24) is 9.47 Å². The number of aryl methyl sites for hydroxylation is 1. The first-order valence-electron chi connectivity index (χ1n) is 12.8. The molecule has 1 saturated heterocycles. The molecule has 200 valence electrons. The average molecular weight is 525 g/mol. The van der Waals surface area contributed by atoms with E-state index in [1.165, 1.54) is 25.3 Å². The Kier molecular flexibility index (Phi) is 7.51. The van der Waals surface area contributed by atoms with Gasteiger partial charge in [0.1, 0.15) is 18.1 Å². The summed E-state index contributed by atoms with van der Waals surface area (Å²) in [6, 6.07) is 13.4. The summed E-state index contributed by atoms with van der Waals surface area (Å²) in [7, 11) is 1.09. The minimum Gasteiger partial charge on any atom is -0.508 e. The fourth-order valence-electron chi connectivity index (χ4n) is 5.31. The molecule has 5 nitrogen and oxygen atoms in total. The van der Waals surface area contributed by atoms with E-state index in [4.69, 9.17) is 9.47 Å². The van der Waals surface area contributed by atoms with Crippen LogP contribution in [-0.2, 0) is 6.54 Å². The number of likely N-dealkylation sites (tertiary alicyclic amines) is 1. The van der Waals surface area contributed by atoms with Crippen molar-refractivity contribution in [2.45, 2.75) is 32.7 Å². The molecular formula is C30H31F3N2O3. The lowest BCUT2D eigenvalue weighted by Gasteiger charge is -2.26. The number of piperidine rings is 1. The second-order valence-corrected chi connectivity index (χ2v) is 9.72. The normalized spacial score (nSPS) is 14.2. The van der Waals surface area contributed by atoms with Crippen molar-refractivity contribution in [2.75, 3.05) is 33.4 Å². The number of rotatable bonds is 8. The highest BCUT2D eigenvalue weighted by Crippen LogP contribution is 2.39.